The molecule has 0 amide bonds. The van der Waals surface area contributed by atoms with Crippen molar-refractivity contribution in [1.82, 2.24) is 4.90 Å². The molecular weight excluding hydrogens is 286 g/mol. The molecule has 1 aliphatic rings. The highest BCUT2D eigenvalue weighted by Crippen LogP contribution is 2.21. The van der Waals surface area contributed by atoms with Gasteiger partial charge in [0.2, 0.25) is 0 Å². The van der Waals surface area contributed by atoms with Gasteiger partial charge in [-0.05, 0) is 18.7 Å². The Morgan fingerprint density at radius 2 is 2.05 bits per heavy atom. The lowest BCUT2D eigenvalue weighted by molar-refractivity contribution is -0.153. The first kappa shape index (κ1) is 16.9. The molecule has 2 rings (SSSR count). The number of carboxylic acids is 1. The lowest BCUT2D eigenvalue weighted by atomic mass is 10.0. The number of benzene rings is 1. The fourth-order valence-corrected chi connectivity index (χ4v) is 2.88. The van der Waals surface area contributed by atoms with E-state index in [9.17, 15) is 9.90 Å². The van der Waals surface area contributed by atoms with Crippen molar-refractivity contribution in [1.29, 1.82) is 0 Å². The summed E-state index contributed by atoms with van der Waals surface area (Å²) in [6, 6.07) is 7.04. The average molecular weight is 309 g/mol. The van der Waals surface area contributed by atoms with E-state index in [0.29, 0.717) is 25.3 Å². The molecule has 0 radical (unpaired) electrons. The van der Waals surface area contributed by atoms with Crippen molar-refractivity contribution in [2.45, 2.75) is 24.8 Å². The van der Waals surface area contributed by atoms with Gasteiger partial charge in [-0.25, -0.2) is 4.79 Å². The zero-order valence-corrected chi connectivity index (χ0v) is 13.2. The Bertz CT molecular complexity index is 507. The molecular formula is C16H23NO5. The van der Waals surface area contributed by atoms with E-state index in [4.69, 9.17) is 14.2 Å². The maximum Gasteiger partial charge on any atom is 0.336 e. The molecule has 0 spiro atoms. The summed E-state index contributed by atoms with van der Waals surface area (Å²) in [6.07, 6.45) is -0.235. The summed E-state index contributed by atoms with van der Waals surface area (Å²) >= 11 is 0. The van der Waals surface area contributed by atoms with Gasteiger partial charge in [0.25, 0.3) is 0 Å². The van der Waals surface area contributed by atoms with Gasteiger partial charge in [-0.2, -0.15) is 0 Å². The second-order valence-corrected chi connectivity index (χ2v) is 5.46. The van der Waals surface area contributed by atoms with Gasteiger partial charge in [-0.15, -0.1) is 0 Å². The smallest absolute Gasteiger partial charge is 0.336 e. The third-order valence-corrected chi connectivity index (χ3v) is 4.12. The van der Waals surface area contributed by atoms with E-state index < -0.39 is 5.97 Å². The summed E-state index contributed by atoms with van der Waals surface area (Å²) in [5.74, 6) is -0.915. The number of ether oxygens (including phenoxy) is 3. The fourth-order valence-electron chi connectivity index (χ4n) is 2.88. The molecule has 6 nitrogen and oxygen atoms in total. The Hall–Kier alpha value is -1.47. The topological polar surface area (TPSA) is 68.2 Å². The van der Waals surface area contributed by atoms with E-state index in [-0.39, 0.29) is 18.2 Å². The first-order valence-electron chi connectivity index (χ1n) is 7.23. The summed E-state index contributed by atoms with van der Waals surface area (Å²) in [5, 5.41) is 9.28. The predicted octanol–water partition coefficient (Wildman–Crippen LogP) is 1.25. The summed E-state index contributed by atoms with van der Waals surface area (Å²) in [7, 11) is 5.24. The highest BCUT2D eigenvalue weighted by molar-refractivity contribution is 5.89. The van der Waals surface area contributed by atoms with Crippen LogP contribution in [0.15, 0.2) is 24.3 Å². The van der Waals surface area contributed by atoms with Crippen molar-refractivity contribution < 1.29 is 24.1 Å². The molecule has 1 aliphatic heterocycles. The molecule has 122 valence electrons. The molecule has 0 aromatic heterocycles. The third kappa shape index (κ3) is 3.64. The molecule has 1 fully saturated rings. The van der Waals surface area contributed by atoms with E-state index >= 15 is 0 Å². The van der Waals surface area contributed by atoms with Crippen molar-refractivity contribution in [3.05, 3.63) is 35.4 Å². The monoisotopic (exact) mass is 309 g/mol. The predicted molar refractivity (Wildman–Crippen MR) is 81.1 cm³/mol. The molecule has 0 saturated carbocycles. The highest BCUT2D eigenvalue weighted by atomic mass is 16.6. The van der Waals surface area contributed by atoms with Crippen LogP contribution in [-0.4, -0.2) is 68.7 Å². The molecule has 22 heavy (non-hydrogen) atoms. The zero-order valence-electron chi connectivity index (χ0n) is 13.2. The van der Waals surface area contributed by atoms with Crippen molar-refractivity contribution in [2.75, 3.05) is 34.5 Å². The first-order chi connectivity index (χ1) is 10.6. The maximum atomic E-state index is 11.3. The number of carboxylic acid groups (broad SMARTS) is 1. The van der Waals surface area contributed by atoms with Crippen LogP contribution in [0.3, 0.4) is 0 Å². The van der Waals surface area contributed by atoms with Gasteiger partial charge >= 0.3 is 5.97 Å². The first-order valence-corrected chi connectivity index (χ1v) is 7.23. The van der Waals surface area contributed by atoms with Gasteiger partial charge in [0.05, 0.1) is 24.8 Å². The molecule has 6 heteroatoms. The minimum atomic E-state index is -0.915. The van der Waals surface area contributed by atoms with Crippen LogP contribution >= 0.6 is 0 Å². The zero-order chi connectivity index (χ0) is 16.1. The Morgan fingerprint density at radius 1 is 1.32 bits per heavy atom. The second-order valence-electron chi connectivity index (χ2n) is 5.46. The molecule has 0 bridgehead atoms. The number of nitrogens with zero attached hydrogens (tertiary/aromatic N) is 1. The van der Waals surface area contributed by atoms with Crippen LogP contribution in [0.4, 0.5) is 0 Å². The second kappa shape index (κ2) is 7.69. The van der Waals surface area contributed by atoms with Crippen molar-refractivity contribution in [3.8, 4) is 0 Å². The Balaban J connectivity index is 2.14. The number of likely N-dealkylation sites (N-methyl/N-ethyl adjacent to an activating group) is 1. The number of carbonyl (C=O) groups is 1. The molecule has 1 aromatic rings. The number of hydrogen-bond donors (Lipinski definition) is 1. The summed E-state index contributed by atoms with van der Waals surface area (Å²) in [6.45, 7) is 1.54. The van der Waals surface area contributed by atoms with Gasteiger partial charge in [0.1, 0.15) is 12.2 Å². The maximum absolute atomic E-state index is 11.3. The van der Waals surface area contributed by atoms with Gasteiger partial charge in [0, 0.05) is 20.8 Å². The fraction of sp³-hybridized carbons (Fsp3) is 0.562. The Labute approximate surface area is 130 Å². The summed E-state index contributed by atoms with van der Waals surface area (Å²) in [5.41, 5.74) is 1.09. The van der Waals surface area contributed by atoms with Gasteiger partial charge in [-0.1, -0.05) is 18.2 Å². The minimum absolute atomic E-state index is 0.00514. The van der Waals surface area contributed by atoms with Crippen LogP contribution in [0.5, 0.6) is 0 Å². The SMILES string of the molecule is CO[C@H]1[C@H](N(C)Cc2ccccc2C(=O)O)COC[C@H]1OC. The van der Waals surface area contributed by atoms with E-state index in [1.165, 1.54) is 0 Å². The molecule has 1 N–H and O–H groups in total. The van der Waals surface area contributed by atoms with Crippen LogP contribution in [-0.2, 0) is 20.8 Å². The Kier molecular flexibility index (Phi) is 5.90. The summed E-state index contributed by atoms with van der Waals surface area (Å²) < 4.78 is 16.6. The van der Waals surface area contributed by atoms with E-state index in [1.54, 1.807) is 26.4 Å². The molecule has 0 aliphatic carbocycles. The van der Waals surface area contributed by atoms with Gasteiger partial charge in [-0.3, -0.25) is 4.90 Å². The van der Waals surface area contributed by atoms with Crippen LogP contribution in [0, 0.1) is 0 Å². The molecule has 1 heterocycles. The van der Waals surface area contributed by atoms with E-state index in [2.05, 4.69) is 4.90 Å². The van der Waals surface area contributed by atoms with Crippen LogP contribution < -0.4 is 0 Å². The third-order valence-electron chi connectivity index (χ3n) is 4.12. The largest absolute Gasteiger partial charge is 0.478 e. The quantitative estimate of drug-likeness (QED) is 0.853. The molecule has 1 saturated heterocycles. The highest BCUT2D eigenvalue weighted by Gasteiger charge is 2.37. The van der Waals surface area contributed by atoms with Crippen LogP contribution in [0.2, 0.25) is 0 Å². The van der Waals surface area contributed by atoms with Crippen LogP contribution in [0.1, 0.15) is 15.9 Å². The number of methoxy groups -OCH3 is 2. The standard InChI is InChI=1S/C16H23NO5/c1-17(8-11-6-4-5-7-12(11)16(18)19)13-9-22-10-14(20-2)15(13)21-3/h4-7,13-15H,8-10H2,1-3H3,(H,18,19)/t13-,14-,15+/m1/s1. The molecule has 0 unspecified atom stereocenters. The number of aromatic carboxylic acids is 1. The Morgan fingerprint density at radius 3 is 2.68 bits per heavy atom. The van der Waals surface area contributed by atoms with Crippen molar-refractivity contribution >= 4 is 5.97 Å². The minimum Gasteiger partial charge on any atom is -0.478 e. The number of hydrogen-bond acceptors (Lipinski definition) is 5. The van der Waals surface area contributed by atoms with Crippen molar-refractivity contribution in [2.24, 2.45) is 0 Å². The average Bonchev–Trinajstić information content (AvgIpc) is 2.54. The van der Waals surface area contributed by atoms with Crippen LogP contribution in [0.25, 0.3) is 0 Å². The van der Waals surface area contributed by atoms with Gasteiger partial charge < -0.3 is 19.3 Å². The lowest BCUT2D eigenvalue weighted by Crippen LogP contribution is -2.56. The normalized spacial score (nSPS) is 25.4. The summed E-state index contributed by atoms with van der Waals surface area (Å²) in [4.78, 5) is 13.4. The number of rotatable bonds is 6. The van der Waals surface area contributed by atoms with E-state index in [0.717, 1.165) is 5.56 Å². The lowest BCUT2D eigenvalue weighted by Gasteiger charge is -2.40. The molecule has 1 aromatic carbocycles. The molecule has 3 atom stereocenters. The van der Waals surface area contributed by atoms with Gasteiger partial charge in [0.15, 0.2) is 0 Å². The van der Waals surface area contributed by atoms with Crippen molar-refractivity contribution in [3.63, 3.8) is 0 Å². The van der Waals surface area contributed by atoms with E-state index in [1.807, 2.05) is 19.2 Å².